The van der Waals surface area contributed by atoms with Crippen LogP contribution in [-0.4, -0.2) is 14.1 Å². The standard InChI is InChI=1S/C21H14FN3O4/c22-15-4-3-5-17(12-15)24-20(26)18-6-1-2-7-19(18)23(21(24)27)13-14-8-10-16(11-9-14)25(28)29/h1-12H,13H2. The third-order valence-corrected chi connectivity index (χ3v) is 4.60. The maximum atomic E-state index is 13.7. The highest BCUT2D eigenvalue weighted by atomic mass is 19.1. The molecule has 0 radical (unpaired) electrons. The molecular formula is C21H14FN3O4. The summed E-state index contributed by atoms with van der Waals surface area (Å²) in [6, 6.07) is 17.7. The summed E-state index contributed by atoms with van der Waals surface area (Å²) in [5.41, 5.74) is -0.0338. The summed E-state index contributed by atoms with van der Waals surface area (Å²) in [6.45, 7) is 0.0902. The number of benzene rings is 3. The van der Waals surface area contributed by atoms with E-state index < -0.39 is 22.0 Å². The van der Waals surface area contributed by atoms with E-state index >= 15 is 0 Å². The van der Waals surface area contributed by atoms with E-state index in [-0.39, 0.29) is 17.9 Å². The number of nitrogens with zero attached hydrogens (tertiary/aromatic N) is 3. The van der Waals surface area contributed by atoms with Crippen LogP contribution < -0.4 is 11.2 Å². The summed E-state index contributed by atoms with van der Waals surface area (Å²) in [4.78, 5) is 36.5. The molecule has 0 saturated carbocycles. The van der Waals surface area contributed by atoms with Crippen molar-refractivity contribution in [2.45, 2.75) is 6.54 Å². The molecule has 7 nitrogen and oxygen atoms in total. The molecule has 0 fully saturated rings. The molecular weight excluding hydrogens is 377 g/mol. The van der Waals surface area contributed by atoms with Crippen LogP contribution in [0.5, 0.6) is 0 Å². The van der Waals surface area contributed by atoms with Gasteiger partial charge in [-0.05, 0) is 35.9 Å². The zero-order valence-corrected chi connectivity index (χ0v) is 15.0. The second-order valence-corrected chi connectivity index (χ2v) is 6.43. The van der Waals surface area contributed by atoms with Gasteiger partial charge in [-0.15, -0.1) is 0 Å². The van der Waals surface area contributed by atoms with Gasteiger partial charge in [-0.2, -0.15) is 0 Å². The van der Waals surface area contributed by atoms with Gasteiger partial charge >= 0.3 is 5.69 Å². The second kappa shape index (κ2) is 7.16. The first-order valence-electron chi connectivity index (χ1n) is 8.69. The SMILES string of the molecule is O=c1c2ccccc2n(Cc2ccc([N+](=O)[O-])cc2)c(=O)n1-c1cccc(F)c1. The number of nitro groups is 1. The number of hydrogen-bond donors (Lipinski definition) is 0. The van der Waals surface area contributed by atoms with Gasteiger partial charge in [0.15, 0.2) is 0 Å². The van der Waals surface area contributed by atoms with E-state index in [1.54, 1.807) is 36.4 Å². The van der Waals surface area contributed by atoms with E-state index in [2.05, 4.69) is 0 Å². The summed E-state index contributed by atoms with van der Waals surface area (Å²) < 4.78 is 16.0. The number of non-ortho nitro benzene ring substituents is 1. The smallest absolute Gasteiger partial charge is 0.288 e. The van der Waals surface area contributed by atoms with E-state index in [9.17, 15) is 24.1 Å². The fraction of sp³-hybridized carbons (Fsp3) is 0.0476. The lowest BCUT2D eigenvalue weighted by Crippen LogP contribution is -2.39. The molecule has 29 heavy (non-hydrogen) atoms. The minimum absolute atomic E-state index is 0.0596. The molecule has 0 amide bonds. The normalized spacial score (nSPS) is 10.9. The van der Waals surface area contributed by atoms with Crippen LogP contribution in [0.25, 0.3) is 16.6 Å². The molecule has 1 heterocycles. The average Bonchev–Trinajstić information content (AvgIpc) is 2.72. The molecule has 0 bridgehead atoms. The summed E-state index contributed by atoms with van der Waals surface area (Å²) in [6.07, 6.45) is 0. The van der Waals surface area contributed by atoms with Gasteiger partial charge < -0.3 is 0 Å². The molecule has 144 valence electrons. The van der Waals surface area contributed by atoms with Gasteiger partial charge in [0.2, 0.25) is 0 Å². The molecule has 0 spiro atoms. The molecule has 0 aliphatic carbocycles. The van der Waals surface area contributed by atoms with Crippen molar-refractivity contribution in [3.63, 3.8) is 0 Å². The number of fused-ring (bicyclic) bond motifs is 1. The average molecular weight is 391 g/mol. The fourth-order valence-corrected chi connectivity index (χ4v) is 3.22. The van der Waals surface area contributed by atoms with Crippen LogP contribution in [0.2, 0.25) is 0 Å². The first kappa shape index (κ1) is 18.3. The number of nitro benzene ring substituents is 1. The fourth-order valence-electron chi connectivity index (χ4n) is 3.22. The van der Waals surface area contributed by atoms with E-state index in [4.69, 9.17) is 0 Å². The van der Waals surface area contributed by atoms with E-state index in [0.29, 0.717) is 16.5 Å². The van der Waals surface area contributed by atoms with Crippen LogP contribution in [0.15, 0.2) is 82.4 Å². The number of aromatic nitrogens is 2. The Bertz CT molecular complexity index is 1360. The third kappa shape index (κ3) is 3.31. The zero-order chi connectivity index (χ0) is 20.5. The number of rotatable bonds is 4. The first-order valence-corrected chi connectivity index (χ1v) is 8.69. The largest absolute Gasteiger partial charge is 0.336 e. The molecule has 8 heteroatoms. The molecule has 3 aromatic carbocycles. The number of halogens is 1. The van der Waals surface area contributed by atoms with E-state index in [1.807, 2.05) is 0 Å². The molecule has 0 N–H and O–H groups in total. The Labute approximate surface area is 163 Å². The van der Waals surface area contributed by atoms with Crippen molar-refractivity contribution in [2.24, 2.45) is 0 Å². The van der Waals surface area contributed by atoms with Crippen LogP contribution in [0.4, 0.5) is 10.1 Å². The van der Waals surface area contributed by atoms with Gasteiger partial charge in [-0.25, -0.2) is 13.8 Å². The highest BCUT2D eigenvalue weighted by Gasteiger charge is 2.15. The molecule has 0 saturated heterocycles. The van der Waals surface area contributed by atoms with Crippen molar-refractivity contribution in [3.8, 4) is 5.69 Å². The highest BCUT2D eigenvalue weighted by molar-refractivity contribution is 5.78. The van der Waals surface area contributed by atoms with E-state index in [1.165, 1.54) is 34.9 Å². The summed E-state index contributed by atoms with van der Waals surface area (Å²) in [5.74, 6) is -0.566. The van der Waals surface area contributed by atoms with Gasteiger partial charge in [0, 0.05) is 12.1 Å². The van der Waals surface area contributed by atoms with Crippen molar-refractivity contribution < 1.29 is 9.31 Å². The van der Waals surface area contributed by atoms with Crippen LogP contribution in [-0.2, 0) is 6.54 Å². The van der Waals surface area contributed by atoms with Crippen molar-refractivity contribution in [3.05, 3.63) is 115 Å². The lowest BCUT2D eigenvalue weighted by molar-refractivity contribution is -0.384. The molecule has 4 aromatic rings. The summed E-state index contributed by atoms with van der Waals surface area (Å²) in [7, 11) is 0. The van der Waals surface area contributed by atoms with Crippen molar-refractivity contribution in [1.29, 1.82) is 0 Å². The van der Waals surface area contributed by atoms with Crippen molar-refractivity contribution in [1.82, 2.24) is 9.13 Å². The highest BCUT2D eigenvalue weighted by Crippen LogP contribution is 2.15. The van der Waals surface area contributed by atoms with Crippen molar-refractivity contribution in [2.75, 3.05) is 0 Å². The van der Waals surface area contributed by atoms with Crippen LogP contribution in [0, 0.1) is 15.9 Å². The summed E-state index contributed by atoms with van der Waals surface area (Å²) >= 11 is 0. The topological polar surface area (TPSA) is 87.1 Å². The van der Waals surface area contributed by atoms with E-state index in [0.717, 1.165) is 10.6 Å². The number of para-hydroxylation sites is 1. The van der Waals surface area contributed by atoms with Crippen LogP contribution in [0.1, 0.15) is 5.56 Å². The minimum Gasteiger partial charge on any atom is -0.288 e. The predicted octanol–water partition coefficient (Wildman–Crippen LogP) is 3.25. The van der Waals surface area contributed by atoms with Crippen LogP contribution in [0.3, 0.4) is 0 Å². The van der Waals surface area contributed by atoms with Crippen molar-refractivity contribution >= 4 is 16.6 Å². The zero-order valence-electron chi connectivity index (χ0n) is 15.0. The predicted molar refractivity (Wildman–Crippen MR) is 106 cm³/mol. The Kier molecular flexibility index (Phi) is 4.52. The Balaban J connectivity index is 1.95. The lowest BCUT2D eigenvalue weighted by Gasteiger charge is -2.14. The maximum absolute atomic E-state index is 13.7. The molecule has 0 aliphatic heterocycles. The maximum Gasteiger partial charge on any atom is 0.336 e. The van der Waals surface area contributed by atoms with Gasteiger partial charge in [0.25, 0.3) is 11.2 Å². The monoisotopic (exact) mass is 391 g/mol. The van der Waals surface area contributed by atoms with Crippen LogP contribution >= 0.6 is 0 Å². The Morgan fingerprint density at radius 3 is 2.34 bits per heavy atom. The van der Waals surface area contributed by atoms with Gasteiger partial charge in [0.1, 0.15) is 5.82 Å². The quantitative estimate of drug-likeness (QED) is 0.395. The molecule has 0 unspecified atom stereocenters. The Hall–Kier alpha value is -4.07. The lowest BCUT2D eigenvalue weighted by atomic mass is 10.2. The summed E-state index contributed by atoms with van der Waals surface area (Å²) in [5, 5.41) is 11.2. The second-order valence-electron chi connectivity index (χ2n) is 6.43. The first-order chi connectivity index (χ1) is 14.0. The molecule has 4 rings (SSSR count). The minimum atomic E-state index is -0.627. The number of hydrogen-bond acceptors (Lipinski definition) is 4. The van der Waals surface area contributed by atoms with Gasteiger partial charge in [-0.1, -0.05) is 30.3 Å². The molecule has 0 atom stereocenters. The van der Waals surface area contributed by atoms with Gasteiger partial charge in [0.05, 0.1) is 28.1 Å². The van der Waals surface area contributed by atoms with Gasteiger partial charge in [-0.3, -0.25) is 19.5 Å². The Morgan fingerprint density at radius 2 is 1.66 bits per heavy atom. The molecule has 1 aromatic heterocycles. The third-order valence-electron chi connectivity index (χ3n) is 4.60. The Morgan fingerprint density at radius 1 is 0.931 bits per heavy atom. The molecule has 0 aliphatic rings.